The molecule has 2 aromatic carbocycles. The SMILES string of the molecule is CCOc1cccc(CNC(=O)CN2CC=C(c3cnn(-c4ccc(F)cc4)c3)CC2)c1. The highest BCUT2D eigenvalue weighted by atomic mass is 19.1. The second-order valence-electron chi connectivity index (χ2n) is 7.72. The van der Waals surface area contributed by atoms with Crippen LogP contribution in [-0.4, -0.2) is 46.8 Å². The molecule has 0 aliphatic carbocycles. The lowest BCUT2D eigenvalue weighted by atomic mass is 10.0. The fourth-order valence-electron chi connectivity index (χ4n) is 3.71. The third kappa shape index (κ3) is 5.62. The molecule has 1 aliphatic rings. The average molecular weight is 435 g/mol. The molecule has 2 heterocycles. The van der Waals surface area contributed by atoms with Crippen LogP contribution >= 0.6 is 0 Å². The van der Waals surface area contributed by atoms with E-state index in [1.807, 2.05) is 43.6 Å². The predicted octanol–water partition coefficient (Wildman–Crippen LogP) is 3.82. The minimum absolute atomic E-state index is 0.00722. The number of nitrogens with one attached hydrogen (secondary N) is 1. The molecule has 1 N–H and O–H groups in total. The number of amides is 1. The van der Waals surface area contributed by atoms with Gasteiger partial charge in [-0.15, -0.1) is 0 Å². The number of ether oxygens (including phenoxy) is 1. The van der Waals surface area contributed by atoms with Gasteiger partial charge in [-0.3, -0.25) is 9.69 Å². The van der Waals surface area contributed by atoms with Crippen molar-refractivity contribution in [3.05, 3.63) is 83.9 Å². The molecule has 0 fully saturated rings. The van der Waals surface area contributed by atoms with Gasteiger partial charge in [-0.05, 0) is 60.9 Å². The summed E-state index contributed by atoms with van der Waals surface area (Å²) in [7, 11) is 0. The molecule has 4 rings (SSSR count). The number of rotatable bonds is 8. The molecule has 0 bridgehead atoms. The van der Waals surface area contributed by atoms with Gasteiger partial charge in [0.1, 0.15) is 11.6 Å². The Balaban J connectivity index is 1.27. The molecule has 1 aliphatic heterocycles. The molecule has 0 atom stereocenters. The van der Waals surface area contributed by atoms with Crippen LogP contribution in [0.2, 0.25) is 0 Å². The molecular formula is C25H27FN4O2. The van der Waals surface area contributed by atoms with Crippen LogP contribution in [0.4, 0.5) is 4.39 Å². The summed E-state index contributed by atoms with van der Waals surface area (Å²) >= 11 is 0. The van der Waals surface area contributed by atoms with E-state index in [9.17, 15) is 9.18 Å². The van der Waals surface area contributed by atoms with E-state index in [1.54, 1.807) is 16.8 Å². The number of carbonyl (C=O) groups is 1. The fourth-order valence-corrected chi connectivity index (χ4v) is 3.71. The molecule has 32 heavy (non-hydrogen) atoms. The molecule has 166 valence electrons. The van der Waals surface area contributed by atoms with Crippen LogP contribution in [0.1, 0.15) is 24.5 Å². The molecule has 3 aromatic rings. The van der Waals surface area contributed by atoms with Crippen molar-refractivity contribution in [2.24, 2.45) is 0 Å². The zero-order valence-corrected chi connectivity index (χ0v) is 18.1. The molecular weight excluding hydrogens is 407 g/mol. The van der Waals surface area contributed by atoms with E-state index in [2.05, 4.69) is 21.4 Å². The average Bonchev–Trinajstić information content (AvgIpc) is 3.30. The highest BCUT2D eigenvalue weighted by Crippen LogP contribution is 2.23. The number of benzene rings is 2. The minimum atomic E-state index is -0.265. The summed E-state index contributed by atoms with van der Waals surface area (Å²) in [6.45, 7) is 4.93. The molecule has 6 nitrogen and oxygen atoms in total. The van der Waals surface area contributed by atoms with E-state index < -0.39 is 0 Å². The van der Waals surface area contributed by atoms with Gasteiger partial charge < -0.3 is 10.1 Å². The van der Waals surface area contributed by atoms with E-state index in [-0.39, 0.29) is 11.7 Å². The molecule has 0 saturated carbocycles. The van der Waals surface area contributed by atoms with Gasteiger partial charge in [0.15, 0.2) is 0 Å². The third-order valence-corrected chi connectivity index (χ3v) is 5.40. The van der Waals surface area contributed by atoms with E-state index in [0.29, 0.717) is 26.2 Å². The Kier molecular flexibility index (Phi) is 6.97. The van der Waals surface area contributed by atoms with Crippen molar-refractivity contribution in [3.63, 3.8) is 0 Å². The third-order valence-electron chi connectivity index (χ3n) is 5.40. The van der Waals surface area contributed by atoms with E-state index in [0.717, 1.165) is 35.5 Å². The highest BCUT2D eigenvalue weighted by molar-refractivity contribution is 5.78. The van der Waals surface area contributed by atoms with Crippen molar-refractivity contribution in [1.82, 2.24) is 20.0 Å². The Morgan fingerprint density at radius 1 is 1.22 bits per heavy atom. The maximum absolute atomic E-state index is 13.1. The number of halogens is 1. The van der Waals surface area contributed by atoms with Crippen LogP contribution in [0.5, 0.6) is 5.75 Å². The molecule has 1 aromatic heterocycles. The molecule has 0 saturated heterocycles. The first kappa shape index (κ1) is 21.8. The number of nitrogens with zero attached hydrogens (tertiary/aromatic N) is 3. The van der Waals surface area contributed by atoms with Gasteiger partial charge in [0, 0.05) is 31.4 Å². The maximum Gasteiger partial charge on any atom is 0.234 e. The Hall–Kier alpha value is -3.45. The summed E-state index contributed by atoms with van der Waals surface area (Å²) < 4.78 is 20.4. The monoisotopic (exact) mass is 434 g/mol. The highest BCUT2D eigenvalue weighted by Gasteiger charge is 2.17. The normalized spacial score (nSPS) is 14.1. The summed E-state index contributed by atoms with van der Waals surface area (Å²) in [6, 6.07) is 14.0. The zero-order valence-electron chi connectivity index (χ0n) is 18.1. The first-order valence-electron chi connectivity index (χ1n) is 10.8. The lowest BCUT2D eigenvalue weighted by Crippen LogP contribution is -2.39. The number of hydrogen-bond acceptors (Lipinski definition) is 4. The number of aromatic nitrogens is 2. The quantitative estimate of drug-likeness (QED) is 0.586. The predicted molar refractivity (Wildman–Crippen MR) is 122 cm³/mol. The second kappa shape index (κ2) is 10.2. The Labute approximate surface area is 187 Å². The van der Waals surface area contributed by atoms with Crippen LogP contribution in [0.15, 0.2) is 67.0 Å². The number of carbonyl (C=O) groups excluding carboxylic acids is 1. The van der Waals surface area contributed by atoms with Crippen molar-refractivity contribution in [3.8, 4) is 11.4 Å². The van der Waals surface area contributed by atoms with Crippen molar-refractivity contribution < 1.29 is 13.9 Å². The molecule has 0 radical (unpaired) electrons. The van der Waals surface area contributed by atoms with Crippen LogP contribution in [0, 0.1) is 5.82 Å². The molecule has 1 amide bonds. The van der Waals surface area contributed by atoms with Crippen LogP contribution < -0.4 is 10.1 Å². The van der Waals surface area contributed by atoms with Crippen molar-refractivity contribution in [1.29, 1.82) is 0 Å². The van der Waals surface area contributed by atoms with Gasteiger partial charge in [-0.1, -0.05) is 18.2 Å². The van der Waals surface area contributed by atoms with E-state index in [4.69, 9.17) is 4.74 Å². The van der Waals surface area contributed by atoms with Gasteiger partial charge in [-0.2, -0.15) is 5.10 Å². The smallest absolute Gasteiger partial charge is 0.234 e. The Morgan fingerprint density at radius 3 is 2.81 bits per heavy atom. The first-order chi connectivity index (χ1) is 15.6. The maximum atomic E-state index is 13.1. The largest absolute Gasteiger partial charge is 0.494 e. The minimum Gasteiger partial charge on any atom is -0.494 e. The lowest BCUT2D eigenvalue weighted by molar-refractivity contribution is -0.122. The van der Waals surface area contributed by atoms with Crippen molar-refractivity contribution in [2.75, 3.05) is 26.2 Å². The Bertz CT molecular complexity index is 1090. The molecule has 0 unspecified atom stereocenters. The summed E-state index contributed by atoms with van der Waals surface area (Å²) in [6.07, 6.45) is 6.78. The molecule has 7 heteroatoms. The number of hydrogen-bond donors (Lipinski definition) is 1. The van der Waals surface area contributed by atoms with Crippen molar-refractivity contribution >= 4 is 11.5 Å². The van der Waals surface area contributed by atoms with Gasteiger partial charge in [0.25, 0.3) is 0 Å². The van der Waals surface area contributed by atoms with Gasteiger partial charge in [-0.25, -0.2) is 9.07 Å². The van der Waals surface area contributed by atoms with Gasteiger partial charge >= 0.3 is 0 Å². The standard InChI is InChI=1S/C25H27FN4O2/c1-2-32-24-5-3-4-19(14-24)15-27-25(31)18-29-12-10-20(11-13-29)21-16-28-30(17-21)23-8-6-22(26)7-9-23/h3-10,14,16-17H,2,11-13,15,18H2,1H3,(H,27,31). The summed E-state index contributed by atoms with van der Waals surface area (Å²) in [5.74, 6) is 0.558. The van der Waals surface area contributed by atoms with E-state index >= 15 is 0 Å². The van der Waals surface area contributed by atoms with Crippen LogP contribution in [0.25, 0.3) is 11.3 Å². The van der Waals surface area contributed by atoms with Crippen LogP contribution in [0.3, 0.4) is 0 Å². The van der Waals surface area contributed by atoms with Gasteiger partial charge in [0.05, 0.1) is 25.0 Å². The van der Waals surface area contributed by atoms with Gasteiger partial charge in [0.2, 0.25) is 5.91 Å². The fraction of sp³-hybridized carbons (Fsp3) is 0.280. The Morgan fingerprint density at radius 2 is 2.06 bits per heavy atom. The zero-order chi connectivity index (χ0) is 22.3. The topological polar surface area (TPSA) is 59.4 Å². The summed E-state index contributed by atoms with van der Waals surface area (Å²) in [5.41, 5.74) is 4.10. The second-order valence-corrected chi connectivity index (χ2v) is 7.72. The first-order valence-corrected chi connectivity index (χ1v) is 10.8. The van der Waals surface area contributed by atoms with Crippen LogP contribution in [-0.2, 0) is 11.3 Å². The van der Waals surface area contributed by atoms with E-state index in [1.165, 1.54) is 17.7 Å². The lowest BCUT2D eigenvalue weighted by Gasteiger charge is -2.25. The molecule has 0 spiro atoms. The summed E-state index contributed by atoms with van der Waals surface area (Å²) in [4.78, 5) is 14.5. The van der Waals surface area contributed by atoms with Crippen molar-refractivity contribution in [2.45, 2.75) is 19.9 Å². The summed E-state index contributed by atoms with van der Waals surface area (Å²) in [5, 5.41) is 7.38.